The molecule has 3 saturated heterocycles. The molecule has 73 heavy (non-hydrogen) atoms. The quantitative estimate of drug-likeness (QED) is 0.0876. The Balaban J connectivity index is 0.634. The van der Waals surface area contributed by atoms with Crippen molar-refractivity contribution in [3.8, 4) is 40.1 Å². The number of fused-ring (bicyclic) bond motifs is 1. The van der Waals surface area contributed by atoms with Crippen LogP contribution < -0.4 is 16.0 Å². The highest BCUT2D eigenvalue weighted by atomic mass is 16.5. The van der Waals surface area contributed by atoms with Crippen LogP contribution in [0.25, 0.3) is 28.3 Å². The van der Waals surface area contributed by atoms with Gasteiger partial charge in [-0.3, -0.25) is 18.7 Å². The highest BCUT2D eigenvalue weighted by molar-refractivity contribution is 5.91. The van der Waals surface area contributed by atoms with Gasteiger partial charge in [0.05, 0.1) is 47.4 Å². The van der Waals surface area contributed by atoms with E-state index in [2.05, 4.69) is 47.2 Å². The Morgan fingerprint density at radius 3 is 2.42 bits per heavy atom. The van der Waals surface area contributed by atoms with Crippen molar-refractivity contribution in [1.82, 2.24) is 44.4 Å². The predicted octanol–water partition coefficient (Wildman–Crippen LogP) is 5.95. The van der Waals surface area contributed by atoms with Crippen LogP contribution in [-0.2, 0) is 26.1 Å². The molecule has 1 saturated carbocycles. The van der Waals surface area contributed by atoms with E-state index in [9.17, 15) is 19.8 Å². The molecule has 1 aliphatic carbocycles. The Labute approximate surface area is 425 Å². The zero-order valence-corrected chi connectivity index (χ0v) is 42.1. The summed E-state index contributed by atoms with van der Waals surface area (Å²) in [5.74, 6) is 7.52. The molecule has 4 aliphatic rings. The first-order valence-corrected chi connectivity index (χ1v) is 25.8. The smallest absolute Gasteiger partial charge is 0.243 e. The van der Waals surface area contributed by atoms with Gasteiger partial charge in [0.25, 0.3) is 0 Å². The highest BCUT2D eigenvalue weighted by Gasteiger charge is 2.44. The number of nitrogens with one attached hydrogen (secondary N) is 1. The van der Waals surface area contributed by atoms with Gasteiger partial charge < -0.3 is 50.0 Å². The van der Waals surface area contributed by atoms with E-state index in [4.69, 9.17) is 19.7 Å². The first-order valence-electron chi connectivity index (χ1n) is 25.8. The molecule has 3 aliphatic heterocycles. The minimum Gasteiger partial charge on any atom is -0.507 e. The number of aliphatic hydroxyl groups is 1. The molecule has 5 N–H and O–H groups in total. The summed E-state index contributed by atoms with van der Waals surface area (Å²) < 4.78 is 22.0. The molecule has 4 atom stereocenters. The van der Waals surface area contributed by atoms with Gasteiger partial charge in [-0.05, 0) is 73.8 Å². The highest BCUT2D eigenvalue weighted by Crippen LogP contribution is 2.35. The number of β-amino-alcohol motifs (C(OH)–C–C–N with tert-alkyl or cyclic N) is 1. The van der Waals surface area contributed by atoms with Crippen molar-refractivity contribution < 1.29 is 33.8 Å². The number of ether oxygens (including phenoxy) is 2. The van der Waals surface area contributed by atoms with Crippen molar-refractivity contribution in [3.63, 3.8) is 0 Å². The van der Waals surface area contributed by atoms with Crippen LogP contribution in [0.4, 0.5) is 11.6 Å². The number of benzene rings is 2. The lowest BCUT2D eigenvalue weighted by molar-refractivity contribution is -0.141. The summed E-state index contributed by atoms with van der Waals surface area (Å²) in [6.07, 6.45) is 11.2. The molecule has 2 amide bonds. The summed E-state index contributed by atoms with van der Waals surface area (Å²) in [5.41, 5.74) is 11.0. The Kier molecular flexibility index (Phi) is 14.8. The number of nitrogens with two attached hydrogens (primary N) is 1. The maximum atomic E-state index is 14.3. The van der Waals surface area contributed by atoms with E-state index in [1.807, 2.05) is 75.0 Å². The molecular weight excluding hydrogens is 927 g/mol. The fourth-order valence-corrected chi connectivity index (χ4v) is 10.9. The lowest BCUT2D eigenvalue weighted by Gasteiger charge is -2.41. The number of anilines is 2. The van der Waals surface area contributed by atoms with Crippen molar-refractivity contribution in [1.29, 1.82) is 0 Å². The van der Waals surface area contributed by atoms with Crippen molar-refractivity contribution in [2.45, 2.75) is 108 Å². The Bertz CT molecular complexity index is 2930. The molecule has 7 heterocycles. The number of rotatable bonds is 15. The van der Waals surface area contributed by atoms with Crippen LogP contribution in [0.15, 0.2) is 83.8 Å². The van der Waals surface area contributed by atoms with E-state index in [0.717, 1.165) is 93.9 Å². The number of phenolic OH excluding ortho intramolecular Hbond substituents is 1. The number of piperidine rings is 2. The number of carbonyl (C=O) groups excluding carboxylic acids is 2. The second kappa shape index (κ2) is 21.7. The number of aromatic hydroxyl groups is 1. The maximum absolute atomic E-state index is 14.3. The number of imidazole rings is 1. The number of nitrogen functional groups attached to an aromatic ring is 1. The van der Waals surface area contributed by atoms with Crippen LogP contribution >= 0.6 is 0 Å². The van der Waals surface area contributed by atoms with E-state index in [-0.39, 0.29) is 60.8 Å². The number of amides is 2. The largest absolute Gasteiger partial charge is 0.507 e. The van der Waals surface area contributed by atoms with Gasteiger partial charge in [-0.15, -0.1) is 0 Å². The second-order valence-corrected chi connectivity index (χ2v) is 20.7. The molecule has 0 spiro atoms. The molecule has 0 unspecified atom stereocenters. The summed E-state index contributed by atoms with van der Waals surface area (Å²) in [6.45, 7) is 11.1. The number of carbonyl (C=O) groups is 2. The Morgan fingerprint density at radius 2 is 1.70 bits per heavy atom. The number of para-hydroxylation sites is 1. The Morgan fingerprint density at radius 1 is 0.932 bits per heavy atom. The minimum atomic E-state index is -0.806. The lowest BCUT2D eigenvalue weighted by Crippen LogP contribution is -2.48. The van der Waals surface area contributed by atoms with Gasteiger partial charge in [0.15, 0.2) is 11.6 Å². The number of hydrogen-bond donors (Lipinski definition) is 4. The molecule has 0 bridgehead atoms. The molecule has 4 fully saturated rings. The number of aliphatic hydroxyl groups excluding tert-OH is 1. The van der Waals surface area contributed by atoms with Gasteiger partial charge in [-0.2, -0.15) is 10.1 Å². The van der Waals surface area contributed by atoms with Crippen molar-refractivity contribution >= 4 is 29.2 Å². The van der Waals surface area contributed by atoms with E-state index >= 15 is 0 Å². The lowest BCUT2D eigenvalue weighted by atomic mass is 9.91. The zero-order valence-electron chi connectivity index (χ0n) is 42.1. The molecule has 0 radical (unpaired) electrons. The van der Waals surface area contributed by atoms with Crippen molar-refractivity contribution in [2.24, 2.45) is 18.9 Å². The number of likely N-dealkylation sites (tertiary alicyclic amines) is 2. The van der Waals surface area contributed by atoms with Crippen LogP contribution in [-0.4, -0.2) is 137 Å². The third kappa shape index (κ3) is 11.2. The average Bonchev–Trinajstić information content (AvgIpc) is 4.20. The minimum absolute atomic E-state index is 0.0801. The molecule has 4 aromatic heterocycles. The van der Waals surface area contributed by atoms with Crippen molar-refractivity contribution in [2.75, 3.05) is 56.5 Å². The predicted molar refractivity (Wildman–Crippen MR) is 275 cm³/mol. The van der Waals surface area contributed by atoms with E-state index < -0.39 is 18.1 Å². The number of aromatic nitrogens is 6. The van der Waals surface area contributed by atoms with Crippen molar-refractivity contribution in [3.05, 3.63) is 96.1 Å². The first kappa shape index (κ1) is 49.8. The molecule has 6 aromatic rings. The number of aryl methyl sites for hydroxylation is 1. The normalized spacial score (nSPS) is 21.8. The maximum Gasteiger partial charge on any atom is 0.243 e. The van der Waals surface area contributed by atoms with E-state index in [0.29, 0.717) is 46.7 Å². The first-order chi connectivity index (χ1) is 35.3. The summed E-state index contributed by atoms with van der Waals surface area (Å²) in [5, 5.41) is 32.8. The van der Waals surface area contributed by atoms with E-state index in [1.165, 1.54) is 4.90 Å². The van der Waals surface area contributed by atoms with Gasteiger partial charge in [0.2, 0.25) is 17.6 Å². The van der Waals surface area contributed by atoms with Gasteiger partial charge in [0.1, 0.15) is 30.1 Å². The molecule has 18 nitrogen and oxygen atoms in total. The SMILES string of the molecule is CC(C)[C@@H](C(=O)N1C[C@H](O)C[C@H]1C(=O)N[C@@H](C)c1ccc(-c2ccnn2C)cc1)c1cc(N2CCC(CN3CCC(O[C@H]4C[C@H](OCC#Cc5cn6cc(-c7ccccc7O)nc6nc5N)C4)CC3)CC2)no1. The fourth-order valence-electron chi connectivity index (χ4n) is 10.9. The van der Waals surface area contributed by atoms with Crippen LogP contribution in [0.1, 0.15) is 94.6 Å². The summed E-state index contributed by atoms with van der Waals surface area (Å²) in [4.78, 5) is 43.4. The van der Waals surface area contributed by atoms with Crippen LogP contribution in [0.5, 0.6) is 5.75 Å². The zero-order chi connectivity index (χ0) is 50.8. The third-order valence-corrected chi connectivity index (χ3v) is 15.2. The van der Waals surface area contributed by atoms with Crippen LogP contribution in [0, 0.1) is 23.7 Å². The molecule has 2 aromatic carbocycles. The van der Waals surface area contributed by atoms with Crippen LogP contribution in [0.2, 0.25) is 0 Å². The number of nitrogens with zero attached hydrogens (tertiary/aromatic N) is 9. The van der Waals surface area contributed by atoms with Gasteiger partial charge >= 0.3 is 0 Å². The standard InChI is InChI=1S/C55H67N11O7/c1-34(2)51(54(70)66-32-40(67)26-47(66)53(69)58-35(3)37-11-13-38(14-12-37)46-15-20-57-62(46)4)49-29-50(61-73-49)64-23-16-36(17-24-64)30-63-21-18-41(19-22-63)72-43-27-42(28-43)71-25-7-8-39-31-65-33-45(59-55(65)60-52(39)56)44-9-5-6-10-48(44)68/h5-6,9-15,20,29,31,33-36,40-43,47,51,67-68H,16-19,21-28,30,32H2,1-4H3,(H,58,69)(H2,56,59,60)/t35-,40+,42-,43-,47-,51+/m0/s1. The number of hydrogen-bond acceptors (Lipinski definition) is 14. The fraction of sp³-hybridized carbons (Fsp3) is 0.491. The molecule has 10 rings (SSSR count). The molecular formula is C55H67N11O7. The van der Waals surface area contributed by atoms with Crippen LogP contribution in [0.3, 0.4) is 0 Å². The summed E-state index contributed by atoms with van der Waals surface area (Å²) >= 11 is 0. The van der Waals surface area contributed by atoms with Gasteiger partial charge in [-0.25, -0.2) is 4.98 Å². The van der Waals surface area contributed by atoms with Gasteiger partial charge in [0, 0.05) is 95.8 Å². The summed E-state index contributed by atoms with van der Waals surface area (Å²) in [6, 6.07) is 17.8. The average molecular weight is 994 g/mol. The topological polar surface area (TPSA) is 215 Å². The molecule has 384 valence electrons. The van der Waals surface area contributed by atoms with E-state index in [1.54, 1.807) is 41.2 Å². The third-order valence-electron chi connectivity index (χ3n) is 15.2. The number of phenols is 1. The monoisotopic (exact) mass is 994 g/mol. The molecule has 18 heteroatoms. The van der Waals surface area contributed by atoms with Gasteiger partial charge in [-0.1, -0.05) is 67.2 Å². The summed E-state index contributed by atoms with van der Waals surface area (Å²) in [7, 11) is 1.90. The Hall–Kier alpha value is -6.78. The second-order valence-electron chi connectivity index (χ2n) is 20.7.